The van der Waals surface area contributed by atoms with Crippen LogP contribution in [0.4, 0.5) is 5.13 Å². The highest BCUT2D eigenvalue weighted by Crippen LogP contribution is 2.25. The number of nitrogens with one attached hydrogen (secondary N) is 2. The molecule has 2 aliphatic rings. The third-order valence-electron chi connectivity index (χ3n) is 4.79. The van der Waals surface area contributed by atoms with E-state index in [0.29, 0.717) is 10.0 Å². The number of nitrogen functional groups attached to an aromatic ring is 1. The number of aromatic nitrogens is 2. The van der Waals surface area contributed by atoms with Crippen LogP contribution >= 0.6 is 11.3 Å². The number of carbonyl (C=O) groups excluding carboxylic acids is 2. The van der Waals surface area contributed by atoms with E-state index in [2.05, 4.69) is 20.6 Å². The van der Waals surface area contributed by atoms with Crippen LogP contribution in [0, 0.1) is 0 Å². The molecule has 0 radical (unpaired) electrons. The molecule has 4 rings (SSSR count). The van der Waals surface area contributed by atoms with Crippen molar-refractivity contribution in [3.63, 3.8) is 0 Å². The molecule has 0 bridgehead atoms. The van der Waals surface area contributed by atoms with E-state index in [1.165, 1.54) is 17.5 Å². The van der Waals surface area contributed by atoms with Crippen molar-refractivity contribution >= 4 is 28.3 Å². The Morgan fingerprint density at radius 1 is 1.12 bits per heavy atom. The van der Waals surface area contributed by atoms with Gasteiger partial charge in [0.15, 0.2) is 5.13 Å². The Bertz CT molecular complexity index is 828. The standard InChI is InChI=1S/C17H19N5O2S/c18-17-20-8-14(25-17)16(24)22-10-6-9(7-10)21-15(23)12-4-5-19-13-3-1-2-11(12)13/h4-5,8-10H,1-3,6-7H2,(H2,18,20)(H,21,23)(H,22,24). The first kappa shape index (κ1) is 16.0. The molecule has 2 aromatic heterocycles. The highest BCUT2D eigenvalue weighted by atomic mass is 32.1. The molecule has 2 aliphatic carbocycles. The summed E-state index contributed by atoms with van der Waals surface area (Å²) in [6.45, 7) is 0. The van der Waals surface area contributed by atoms with Gasteiger partial charge in [-0.1, -0.05) is 11.3 Å². The number of nitrogens with two attached hydrogens (primary N) is 1. The molecule has 8 heteroatoms. The lowest BCUT2D eigenvalue weighted by molar-refractivity contribution is 0.0864. The molecule has 2 amide bonds. The van der Waals surface area contributed by atoms with Gasteiger partial charge in [-0.25, -0.2) is 4.98 Å². The minimum atomic E-state index is -0.157. The molecule has 2 heterocycles. The second kappa shape index (κ2) is 6.44. The summed E-state index contributed by atoms with van der Waals surface area (Å²) in [7, 11) is 0. The number of carbonyl (C=O) groups is 2. The summed E-state index contributed by atoms with van der Waals surface area (Å²) >= 11 is 1.17. The van der Waals surface area contributed by atoms with Gasteiger partial charge in [-0.3, -0.25) is 14.6 Å². The van der Waals surface area contributed by atoms with Crippen molar-refractivity contribution in [2.75, 3.05) is 5.73 Å². The Morgan fingerprint density at radius 3 is 2.60 bits per heavy atom. The van der Waals surface area contributed by atoms with E-state index in [-0.39, 0.29) is 23.9 Å². The summed E-state index contributed by atoms with van der Waals surface area (Å²) in [6.07, 6.45) is 7.61. The molecule has 0 aliphatic heterocycles. The zero-order valence-electron chi connectivity index (χ0n) is 13.6. The number of thiazole rings is 1. The van der Waals surface area contributed by atoms with Crippen LogP contribution in [-0.2, 0) is 12.8 Å². The van der Waals surface area contributed by atoms with Gasteiger partial charge in [0, 0.05) is 29.5 Å². The molecule has 0 spiro atoms. The highest BCUT2D eigenvalue weighted by Gasteiger charge is 2.32. The molecule has 2 aromatic rings. The van der Waals surface area contributed by atoms with Crippen LogP contribution in [-0.4, -0.2) is 33.9 Å². The predicted octanol–water partition coefficient (Wildman–Crippen LogP) is 1.30. The summed E-state index contributed by atoms with van der Waals surface area (Å²) in [5.41, 5.74) is 8.43. The van der Waals surface area contributed by atoms with Gasteiger partial charge in [0.2, 0.25) is 0 Å². The molecule has 25 heavy (non-hydrogen) atoms. The van der Waals surface area contributed by atoms with Crippen LogP contribution in [0.1, 0.15) is 50.5 Å². The third-order valence-corrected chi connectivity index (χ3v) is 5.61. The molecular formula is C17H19N5O2S. The predicted molar refractivity (Wildman–Crippen MR) is 94.5 cm³/mol. The van der Waals surface area contributed by atoms with Gasteiger partial charge in [-0.05, 0) is 43.7 Å². The van der Waals surface area contributed by atoms with Crippen molar-refractivity contribution < 1.29 is 9.59 Å². The fourth-order valence-corrected chi connectivity index (χ4v) is 4.03. The molecule has 4 N–H and O–H groups in total. The summed E-state index contributed by atoms with van der Waals surface area (Å²) in [6, 6.07) is 1.96. The first-order valence-electron chi connectivity index (χ1n) is 8.40. The fraction of sp³-hybridized carbons (Fsp3) is 0.412. The van der Waals surface area contributed by atoms with Crippen molar-refractivity contribution in [1.82, 2.24) is 20.6 Å². The minimum Gasteiger partial charge on any atom is -0.375 e. The maximum Gasteiger partial charge on any atom is 0.263 e. The Morgan fingerprint density at radius 2 is 1.88 bits per heavy atom. The van der Waals surface area contributed by atoms with E-state index >= 15 is 0 Å². The minimum absolute atomic E-state index is 0.0365. The largest absolute Gasteiger partial charge is 0.375 e. The highest BCUT2D eigenvalue weighted by molar-refractivity contribution is 7.17. The van der Waals surface area contributed by atoms with Gasteiger partial charge in [-0.15, -0.1) is 0 Å². The molecule has 1 fully saturated rings. The van der Waals surface area contributed by atoms with Crippen molar-refractivity contribution in [2.45, 2.75) is 44.2 Å². The first-order chi connectivity index (χ1) is 12.1. The van der Waals surface area contributed by atoms with Gasteiger partial charge >= 0.3 is 0 Å². The fourth-order valence-electron chi connectivity index (χ4n) is 3.44. The SMILES string of the molecule is Nc1ncc(C(=O)NC2CC(NC(=O)c3ccnc4c3CCC4)C2)s1. The molecule has 0 aromatic carbocycles. The van der Waals surface area contributed by atoms with Crippen molar-refractivity contribution in [3.8, 4) is 0 Å². The van der Waals surface area contributed by atoms with E-state index in [9.17, 15) is 9.59 Å². The quantitative estimate of drug-likeness (QED) is 0.764. The maximum atomic E-state index is 12.5. The van der Waals surface area contributed by atoms with Crippen LogP contribution in [0.15, 0.2) is 18.5 Å². The van der Waals surface area contributed by atoms with Crippen LogP contribution in [0.25, 0.3) is 0 Å². The van der Waals surface area contributed by atoms with Crippen LogP contribution < -0.4 is 16.4 Å². The van der Waals surface area contributed by atoms with Crippen molar-refractivity contribution in [3.05, 3.63) is 40.2 Å². The average Bonchev–Trinajstić information content (AvgIpc) is 3.20. The Labute approximate surface area is 149 Å². The van der Waals surface area contributed by atoms with Gasteiger partial charge < -0.3 is 16.4 Å². The van der Waals surface area contributed by atoms with E-state index in [0.717, 1.165) is 48.9 Å². The topological polar surface area (TPSA) is 110 Å². The number of fused-ring (bicyclic) bond motifs is 1. The molecule has 130 valence electrons. The summed E-state index contributed by atoms with van der Waals surface area (Å²) in [5.74, 6) is -0.193. The molecule has 7 nitrogen and oxygen atoms in total. The zero-order chi connectivity index (χ0) is 17.4. The monoisotopic (exact) mass is 357 g/mol. The van der Waals surface area contributed by atoms with Crippen LogP contribution in [0.3, 0.4) is 0 Å². The Balaban J connectivity index is 1.29. The molecule has 0 saturated heterocycles. The number of aryl methyl sites for hydroxylation is 1. The number of nitrogens with zero attached hydrogens (tertiary/aromatic N) is 2. The summed E-state index contributed by atoms with van der Waals surface area (Å²) in [5, 5.41) is 6.39. The molecule has 1 saturated carbocycles. The third kappa shape index (κ3) is 3.21. The number of hydrogen-bond donors (Lipinski definition) is 3. The number of hydrogen-bond acceptors (Lipinski definition) is 6. The van der Waals surface area contributed by atoms with E-state index in [1.807, 2.05) is 0 Å². The number of amides is 2. The lowest BCUT2D eigenvalue weighted by Crippen LogP contribution is -2.53. The average molecular weight is 357 g/mol. The van der Waals surface area contributed by atoms with E-state index < -0.39 is 0 Å². The second-order valence-electron chi connectivity index (χ2n) is 6.51. The number of pyridine rings is 1. The van der Waals surface area contributed by atoms with Gasteiger partial charge in [-0.2, -0.15) is 0 Å². The van der Waals surface area contributed by atoms with Gasteiger partial charge in [0.1, 0.15) is 4.88 Å². The smallest absolute Gasteiger partial charge is 0.263 e. The van der Waals surface area contributed by atoms with Crippen LogP contribution in [0.5, 0.6) is 0 Å². The van der Waals surface area contributed by atoms with Crippen molar-refractivity contribution in [1.29, 1.82) is 0 Å². The van der Waals surface area contributed by atoms with Crippen LogP contribution in [0.2, 0.25) is 0 Å². The second-order valence-corrected chi connectivity index (χ2v) is 7.57. The first-order valence-corrected chi connectivity index (χ1v) is 9.21. The number of anilines is 1. The molecular weight excluding hydrogens is 338 g/mol. The Hall–Kier alpha value is -2.48. The lowest BCUT2D eigenvalue weighted by Gasteiger charge is -2.36. The van der Waals surface area contributed by atoms with Gasteiger partial charge in [0.05, 0.1) is 6.20 Å². The van der Waals surface area contributed by atoms with Crippen molar-refractivity contribution in [2.24, 2.45) is 0 Å². The van der Waals surface area contributed by atoms with E-state index in [4.69, 9.17) is 5.73 Å². The molecule has 0 unspecified atom stereocenters. The number of rotatable bonds is 4. The Kier molecular flexibility index (Phi) is 4.12. The summed E-state index contributed by atoms with van der Waals surface area (Å²) in [4.78, 5) is 33.3. The van der Waals surface area contributed by atoms with E-state index in [1.54, 1.807) is 12.3 Å². The van der Waals surface area contributed by atoms with Gasteiger partial charge in [0.25, 0.3) is 11.8 Å². The normalized spacial score (nSPS) is 21.3. The zero-order valence-corrected chi connectivity index (χ0v) is 14.4. The molecule has 0 atom stereocenters. The lowest BCUT2D eigenvalue weighted by atomic mass is 9.86. The maximum absolute atomic E-state index is 12.5. The summed E-state index contributed by atoms with van der Waals surface area (Å²) < 4.78 is 0.